The molecule has 1 aliphatic heterocycles. The standard InChI is InChI=1S/C21H27N3O/c1-16-6-7-17(2)20(14-16)22-15-21(25)23-18-8-10-19(11-9-18)24-12-4-3-5-13-24/h6-11,14,22H,3-5,12-13,15H2,1-2H3,(H,23,25). The molecule has 0 unspecified atom stereocenters. The van der Waals surface area contributed by atoms with Crippen molar-refractivity contribution in [2.45, 2.75) is 33.1 Å². The molecule has 1 heterocycles. The average molecular weight is 337 g/mol. The van der Waals surface area contributed by atoms with Gasteiger partial charge in [-0.3, -0.25) is 4.79 Å². The van der Waals surface area contributed by atoms with Crippen molar-refractivity contribution in [2.75, 3.05) is 35.2 Å². The summed E-state index contributed by atoms with van der Waals surface area (Å²) in [6.45, 7) is 6.61. The summed E-state index contributed by atoms with van der Waals surface area (Å²) < 4.78 is 0. The zero-order valence-electron chi connectivity index (χ0n) is 15.1. The van der Waals surface area contributed by atoms with Crippen LogP contribution < -0.4 is 15.5 Å². The zero-order valence-corrected chi connectivity index (χ0v) is 15.1. The molecule has 0 aliphatic carbocycles. The highest BCUT2D eigenvalue weighted by Gasteiger charge is 2.11. The summed E-state index contributed by atoms with van der Waals surface area (Å²) in [6.07, 6.45) is 3.86. The Bertz CT molecular complexity index is 718. The van der Waals surface area contributed by atoms with Gasteiger partial charge in [0, 0.05) is 30.2 Å². The molecule has 0 radical (unpaired) electrons. The highest BCUT2D eigenvalue weighted by atomic mass is 16.1. The minimum Gasteiger partial charge on any atom is -0.376 e. The molecule has 132 valence electrons. The molecule has 0 spiro atoms. The van der Waals surface area contributed by atoms with E-state index in [0.717, 1.165) is 30.0 Å². The van der Waals surface area contributed by atoms with Crippen LogP contribution in [0.1, 0.15) is 30.4 Å². The molecule has 4 heteroatoms. The third-order valence-electron chi connectivity index (χ3n) is 4.70. The van der Waals surface area contributed by atoms with Gasteiger partial charge in [-0.15, -0.1) is 0 Å². The third kappa shape index (κ3) is 4.75. The van der Waals surface area contributed by atoms with Crippen LogP contribution in [0.15, 0.2) is 42.5 Å². The second-order valence-electron chi connectivity index (χ2n) is 6.81. The van der Waals surface area contributed by atoms with Gasteiger partial charge >= 0.3 is 0 Å². The van der Waals surface area contributed by atoms with Crippen LogP contribution in [0.25, 0.3) is 0 Å². The number of carbonyl (C=O) groups excluding carboxylic acids is 1. The number of aryl methyl sites for hydroxylation is 2. The summed E-state index contributed by atoms with van der Waals surface area (Å²) in [7, 11) is 0. The Morgan fingerprint density at radius 3 is 2.44 bits per heavy atom. The maximum Gasteiger partial charge on any atom is 0.243 e. The number of piperidine rings is 1. The molecule has 0 atom stereocenters. The number of amides is 1. The maximum atomic E-state index is 12.2. The molecule has 2 aromatic rings. The van der Waals surface area contributed by atoms with E-state index in [1.807, 2.05) is 19.1 Å². The van der Waals surface area contributed by atoms with Crippen molar-refractivity contribution >= 4 is 23.0 Å². The second-order valence-corrected chi connectivity index (χ2v) is 6.81. The molecule has 0 aromatic heterocycles. The molecular formula is C21H27N3O. The van der Waals surface area contributed by atoms with Crippen molar-refractivity contribution in [1.82, 2.24) is 0 Å². The molecule has 1 amide bonds. The van der Waals surface area contributed by atoms with Gasteiger partial charge in [-0.25, -0.2) is 0 Å². The first-order valence-electron chi connectivity index (χ1n) is 9.08. The van der Waals surface area contributed by atoms with Gasteiger partial charge in [0.15, 0.2) is 0 Å². The lowest BCUT2D eigenvalue weighted by molar-refractivity contribution is -0.114. The fraction of sp³-hybridized carbons (Fsp3) is 0.381. The monoisotopic (exact) mass is 337 g/mol. The quantitative estimate of drug-likeness (QED) is 0.853. The van der Waals surface area contributed by atoms with Crippen molar-refractivity contribution < 1.29 is 4.79 Å². The van der Waals surface area contributed by atoms with E-state index in [1.54, 1.807) is 0 Å². The van der Waals surface area contributed by atoms with E-state index in [4.69, 9.17) is 0 Å². The summed E-state index contributed by atoms with van der Waals surface area (Å²) in [6, 6.07) is 14.4. The van der Waals surface area contributed by atoms with E-state index < -0.39 is 0 Å². The van der Waals surface area contributed by atoms with Gasteiger partial charge in [0.2, 0.25) is 5.91 Å². The van der Waals surface area contributed by atoms with E-state index in [2.05, 4.69) is 52.8 Å². The van der Waals surface area contributed by atoms with E-state index in [9.17, 15) is 4.79 Å². The predicted molar refractivity (Wildman–Crippen MR) is 106 cm³/mol. The summed E-state index contributed by atoms with van der Waals surface area (Å²) in [4.78, 5) is 14.6. The van der Waals surface area contributed by atoms with Gasteiger partial charge in [0.05, 0.1) is 6.54 Å². The molecule has 1 fully saturated rings. The molecule has 3 rings (SSSR count). The Labute approximate surface area is 150 Å². The van der Waals surface area contributed by atoms with Gasteiger partial charge in [0.1, 0.15) is 0 Å². The van der Waals surface area contributed by atoms with Crippen LogP contribution >= 0.6 is 0 Å². The SMILES string of the molecule is Cc1ccc(C)c(NCC(=O)Nc2ccc(N3CCCCC3)cc2)c1. The van der Waals surface area contributed by atoms with Gasteiger partial charge in [-0.1, -0.05) is 12.1 Å². The van der Waals surface area contributed by atoms with Crippen LogP contribution in [0, 0.1) is 13.8 Å². The van der Waals surface area contributed by atoms with Crippen LogP contribution in [0.4, 0.5) is 17.1 Å². The Balaban J connectivity index is 1.53. The van der Waals surface area contributed by atoms with E-state index in [1.165, 1.54) is 30.5 Å². The lowest BCUT2D eigenvalue weighted by Crippen LogP contribution is -2.29. The smallest absolute Gasteiger partial charge is 0.243 e. The number of carbonyl (C=O) groups is 1. The first-order valence-corrected chi connectivity index (χ1v) is 9.08. The molecule has 2 N–H and O–H groups in total. The number of nitrogens with zero attached hydrogens (tertiary/aromatic N) is 1. The van der Waals surface area contributed by atoms with Gasteiger partial charge < -0.3 is 15.5 Å². The van der Waals surface area contributed by atoms with Crippen LogP contribution in [0.5, 0.6) is 0 Å². The molecular weight excluding hydrogens is 310 g/mol. The third-order valence-corrected chi connectivity index (χ3v) is 4.70. The second kappa shape index (κ2) is 8.06. The summed E-state index contributed by atoms with van der Waals surface area (Å²) >= 11 is 0. The molecule has 0 saturated carbocycles. The zero-order chi connectivity index (χ0) is 17.6. The number of rotatable bonds is 5. The van der Waals surface area contributed by atoms with Crippen LogP contribution in [0.2, 0.25) is 0 Å². The van der Waals surface area contributed by atoms with E-state index >= 15 is 0 Å². The highest BCUT2D eigenvalue weighted by Crippen LogP contribution is 2.22. The maximum absolute atomic E-state index is 12.2. The Morgan fingerprint density at radius 2 is 1.72 bits per heavy atom. The number of hydrogen-bond acceptors (Lipinski definition) is 3. The number of anilines is 3. The first-order chi connectivity index (χ1) is 12.1. The van der Waals surface area contributed by atoms with Crippen molar-refractivity contribution in [3.63, 3.8) is 0 Å². The summed E-state index contributed by atoms with van der Waals surface area (Å²) in [5.74, 6) is -0.0355. The fourth-order valence-electron chi connectivity index (χ4n) is 3.21. The van der Waals surface area contributed by atoms with Crippen molar-refractivity contribution in [1.29, 1.82) is 0 Å². The van der Waals surface area contributed by atoms with Crippen LogP contribution in [0.3, 0.4) is 0 Å². The van der Waals surface area contributed by atoms with Crippen molar-refractivity contribution in [2.24, 2.45) is 0 Å². The van der Waals surface area contributed by atoms with Gasteiger partial charge in [-0.2, -0.15) is 0 Å². The predicted octanol–water partition coefficient (Wildman–Crippen LogP) is 4.34. The minimum absolute atomic E-state index is 0.0355. The first kappa shape index (κ1) is 17.3. The number of hydrogen-bond donors (Lipinski definition) is 2. The van der Waals surface area contributed by atoms with E-state index in [-0.39, 0.29) is 12.5 Å². The lowest BCUT2D eigenvalue weighted by atomic mass is 10.1. The minimum atomic E-state index is -0.0355. The van der Waals surface area contributed by atoms with Crippen molar-refractivity contribution in [3.8, 4) is 0 Å². The average Bonchev–Trinajstić information content (AvgIpc) is 2.64. The summed E-state index contributed by atoms with van der Waals surface area (Å²) in [5, 5.41) is 6.17. The normalized spacial score (nSPS) is 14.2. The Hall–Kier alpha value is -2.49. The van der Waals surface area contributed by atoms with Gasteiger partial charge in [0.25, 0.3) is 0 Å². The Morgan fingerprint density at radius 1 is 1.00 bits per heavy atom. The largest absolute Gasteiger partial charge is 0.376 e. The molecule has 1 aliphatic rings. The summed E-state index contributed by atoms with van der Waals surface area (Å²) in [5.41, 5.74) is 5.42. The highest BCUT2D eigenvalue weighted by molar-refractivity contribution is 5.94. The molecule has 25 heavy (non-hydrogen) atoms. The number of nitrogens with one attached hydrogen (secondary N) is 2. The fourth-order valence-corrected chi connectivity index (χ4v) is 3.21. The number of benzene rings is 2. The van der Waals surface area contributed by atoms with Crippen molar-refractivity contribution in [3.05, 3.63) is 53.6 Å². The molecule has 4 nitrogen and oxygen atoms in total. The van der Waals surface area contributed by atoms with Gasteiger partial charge in [-0.05, 0) is 74.6 Å². The molecule has 2 aromatic carbocycles. The van der Waals surface area contributed by atoms with Crippen LogP contribution in [-0.2, 0) is 4.79 Å². The molecule has 0 bridgehead atoms. The van der Waals surface area contributed by atoms with E-state index in [0.29, 0.717) is 0 Å². The van der Waals surface area contributed by atoms with Crippen LogP contribution in [-0.4, -0.2) is 25.5 Å². The topological polar surface area (TPSA) is 44.4 Å². The molecule has 1 saturated heterocycles. The lowest BCUT2D eigenvalue weighted by Gasteiger charge is -2.28. The Kier molecular flexibility index (Phi) is 5.59.